The van der Waals surface area contributed by atoms with Crippen molar-refractivity contribution >= 4 is 11.8 Å². The molecule has 1 saturated carbocycles. The van der Waals surface area contributed by atoms with Gasteiger partial charge in [0.15, 0.2) is 0 Å². The van der Waals surface area contributed by atoms with Gasteiger partial charge < -0.3 is 10.4 Å². The summed E-state index contributed by atoms with van der Waals surface area (Å²) in [6.07, 6.45) is 3.60. The number of nitrogens with one attached hydrogen (secondary N) is 1. The molecule has 0 saturated heterocycles. The third-order valence-electron chi connectivity index (χ3n) is 3.60. The third-order valence-corrected chi connectivity index (χ3v) is 3.60. The van der Waals surface area contributed by atoms with Crippen LogP contribution in [-0.2, 0) is 0 Å². The normalized spacial score (nSPS) is 21.5. The molecule has 1 aliphatic carbocycles. The first-order valence-corrected chi connectivity index (χ1v) is 7.03. The molecule has 19 heavy (non-hydrogen) atoms. The van der Waals surface area contributed by atoms with Crippen molar-refractivity contribution in [2.24, 2.45) is 5.92 Å². The first-order valence-electron chi connectivity index (χ1n) is 7.03. The Hall–Kier alpha value is -1.58. The summed E-state index contributed by atoms with van der Waals surface area (Å²) in [5.41, 5.74) is 1.14. The van der Waals surface area contributed by atoms with Crippen LogP contribution in [0.4, 0.5) is 5.82 Å². The lowest BCUT2D eigenvalue weighted by molar-refractivity contribution is 0.0696. The number of anilines is 1. The number of carboxylic acids is 1. The lowest BCUT2D eigenvalue weighted by Gasteiger charge is -2.11. The molecule has 2 N–H and O–H groups in total. The number of hydrogen-bond acceptors (Lipinski definition) is 3. The maximum Gasteiger partial charge on any atom is 0.335 e. The summed E-state index contributed by atoms with van der Waals surface area (Å²) in [4.78, 5) is 15.7. The average Bonchev–Trinajstić information content (AvgIpc) is 3.07. The molecule has 0 aliphatic heterocycles. The molecular formula is C15H22N2O2. The maximum absolute atomic E-state index is 11.1. The van der Waals surface area contributed by atoms with Crippen molar-refractivity contribution in [1.82, 2.24) is 4.98 Å². The molecule has 4 heteroatoms. The summed E-state index contributed by atoms with van der Waals surface area (Å²) in [6.45, 7) is 6.24. The summed E-state index contributed by atoms with van der Waals surface area (Å²) in [7, 11) is 0. The predicted octanol–water partition coefficient (Wildman–Crippen LogP) is 3.50. The van der Waals surface area contributed by atoms with Crippen LogP contribution < -0.4 is 5.32 Å². The van der Waals surface area contributed by atoms with Gasteiger partial charge in [-0.05, 0) is 36.8 Å². The van der Waals surface area contributed by atoms with Crippen molar-refractivity contribution in [1.29, 1.82) is 0 Å². The van der Waals surface area contributed by atoms with Crippen molar-refractivity contribution in [3.63, 3.8) is 0 Å². The largest absolute Gasteiger partial charge is 0.478 e. The number of pyridine rings is 1. The predicted molar refractivity (Wildman–Crippen MR) is 75.7 cm³/mol. The topological polar surface area (TPSA) is 62.2 Å². The van der Waals surface area contributed by atoms with Gasteiger partial charge in [0.2, 0.25) is 0 Å². The van der Waals surface area contributed by atoms with Crippen LogP contribution in [0.15, 0.2) is 12.1 Å². The van der Waals surface area contributed by atoms with Gasteiger partial charge in [0.25, 0.3) is 0 Å². The molecule has 0 aromatic carbocycles. The number of aromatic carboxylic acids is 1. The van der Waals surface area contributed by atoms with Crippen LogP contribution in [0.25, 0.3) is 0 Å². The molecule has 4 nitrogen and oxygen atoms in total. The van der Waals surface area contributed by atoms with Crippen LogP contribution in [0.3, 0.4) is 0 Å². The Kier molecular flexibility index (Phi) is 4.08. The van der Waals surface area contributed by atoms with E-state index in [2.05, 4.69) is 17.2 Å². The van der Waals surface area contributed by atoms with E-state index < -0.39 is 5.97 Å². The highest BCUT2D eigenvalue weighted by molar-refractivity contribution is 5.88. The van der Waals surface area contributed by atoms with E-state index in [1.54, 1.807) is 12.1 Å². The van der Waals surface area contributed by atoms with Crippen LogP contribution in [0.5, 0.6) is 0 Å². The van der Waals surface area contributed by atoms with Gasteiger partial charge in [0, 0.05) is 11.7 Å². The molecule has 0 spiro atoms. The van der Waals surface area contributed by atoms with Crippen molar-refractivity contribution in [3.05, 3.63) is 23.4 Å². The van der Waals surface area contributed by atoms with Crippen LogP contribution in [0.2, 0.25) is 0 Å². The summed E-state index contributed by atoms with van der Waals surface area (Å²) >= 11 is 0. The molecule has 2 atom stereocenters. The van der Waals surface area contributed by atoms with E-state index in [0.29, 0.717) is 17.4 Å². The maximum atomic E-state index is 11.1. The Bertz CT molecular complexity index is 471. The minimum Gasteiger partial charge on any atom is -0.478 e. The fourth-order valence-electron chi connectivity index (χ4n) is 2.35. The zero-order valence-electron chi connectivity index (χ0n) is 11.8. The summed E-state index contributed by atoms with van der Waals surface area (Å²) < 4.78 is 0. The van der Waals surface area contributed by atoms with Gasteiger partial charge in [-0.3, -0.25) is 0 Å². The molecule has 1 aromatic heterocycles. The van der Waals surface area contributed by atoms with Crippen LogP contribution in [0, 0.1) is 5.92 Å². The van der Waals surface area contributed by atoms with Gasteiger partial charge in [-0.15, -0.1) is 0 Å². The zero-order chi connectivity index (χ0) is 14.0. The molecule has 1 aliphatic rings. The monoisotopic (exact) mass is 262 g/mol. The van der Waals surface area contributed by atoms with Gasteiger partial charge in [0.05, 0.1) is 5.56 Å². The first-order chi connectivity index (χ1) is 9.01. The van der Waals surface area contributed by atoms with Gasteiger partial charge in [-0.2, -0.15) is 0 Å². The highest BCUT2D eigenvalue weighted by Crippen LogP contribution is 2.37. The van der Waals surface area contributed by atoms with Gasteiger partial charge >= 0.3 is 5.97 Å². The van der Waals surface area contributed by atoms with Crippen LogP contribution in [-0.4, -0.2) is 22.1 Å². The van der Waals surface area contributed by atoms with Gasteiger partial charge in [-0.1, -0.05) is 27.2 Å². The Labute approximate surface area is 114 Å². The fourth-order valence-corrected chi connectivity index (χ4v) is 2.35. The molecule has 0 amide bonds. The Morgan fingerprint density at radius 3 is 2.84 bits per heavy atom. The first kappa shape index (κ1) is 13.8. The number of hydrogen-bond donors (Lipinski definition) is 2. The number of aromatic nitrogens is 1. The quantitative estimate of drug-likeness (QED) is 0.823. The second-order valence-electron chi connectivity index (χ2n) is 5.66. The SMILES string of the molecule is CCCC1CC1Nc1cc(C(=O)O)cc(C(C)C)n1. The highest BCUT2D eigenvalue weighted by Gasteiger charge is 2.36. The lowest BCUT2D eigenvalue weighted by Crippen LogP contribution is -2.10. The van der Waals surface area contributed by atoms with E-state index in [1.807, 2.05) is 13.8 Å². The molecular weight excluding hydrogens is 240 g/mol. The number of nitrogens with zero attached hydrogens (tertiary/aromatic N) is 1. The zero-order valence-corrected chi connectivity index (χ0v) is 11.8. The molecule has 0 bridgehead atoms. The van der Waals surface area contributed by atoms with Crippen molar-refractivity contribution in [2.75, 3.05) is 5.32 Å². The standard InChI is InChI=1S/C15H22N2O2/c1-4-5-10-6-13(10)17-14-8-11(15(18)19)7-12(16-14)9(2)3/h7-10,13H,4-6H2,1-3H3,(H,16,17)(H,18,19). The number of carboxylic acid groups (broad SMARTS) is 1. The van der Waals surface area contributed by atoms with Crippen LogP contribution in [0.1, 0.15) is 62.0 Å². The van der Waals surface area contributed by atoms with Crippen molar-refractivity contribution in [3.8, 4) is 0 Å². The Morgan fingerprint density at radius 1 is 1.53 bits per heavy atom. The third kappa shape index (κ3) is 3.46. The summed E-state index contributed by atoms with van der Waals surface area (Å²) in [5, 5.41) is 12.5. The van der Waals surface area contributed by atoms with E-state index in [9.17, 15) is 4.79 Å². The lowest BCUT2D eigenvalue weighted by atomic mass is 10.1. The summed E-state index contributed by atoms with van der Waals surface area (Å²) in [6, 6.07) is 3.76. The molecule has 1 aromatic rings. The van der Waals surface area contributed by atoms with Gasteiger partial charge in [-0.25, -0.2) is 9.78 Å². The highest BCUT2D eigenvalue weighted by atomic mass is 16.4. The molecule has 1 fully saturated rings. The molecule has 1 heterocycles. The van der Waals surface area contributed by atoms with Crippen LogP contribution >= 0.6 is 0 Å². The Morgan fingerprint density at radius 2 is 2.26 bits per heavy atom. The minimum atomic E-state index is -0.895. The second kappa shape index (κ2) is 5.59. The van der Waals surface area contributed by atoms with Crippen molar-refractivity contribution < 1.29 is 9.90 Å². The average molecular weight is 262 g/mol. The summed E-state index contributed by atoms with van der Waals surface area (Å²) in [5.74, 6) is 0.758. The van der Waals surface area contributed by atoms with E-state index in [-0.39, 0.29) is 5.92 Å². The Balaban J connectivity index is 2.13. The minimum absolute atomic E-state index is 0.227. The van der Waals surface area contributed by atoms with E-state index in [0.717, 1.165) is 11.6 Å². The molecule has 0 radical (unpaired) electrons. The van der Waals surface area contributed by atoms with Crippen molar-refractivity contribution in [2.45, 2.75) is 52.0 Å². The van der Waals surface area contributed by atoms with E-state index >= 15 is 0 Å². The van der Waals surface area contributed by atoms with E-state index in [4.69, 9.17) is 5.11 Å². The second-order valence-corrected chi connectivity index (χ2v) is 5.66. The molecule has 104 valence electrons. The smallest absolute Gasteiger partial charge is 0.335 e. The molecule has 2 unspecified atom stereocenters. The van der Waals surface area contributed by atoms with Gasteiger partial charge in [0.1, 0.15) is 5.82 Å². The van der Waals surface area contributed by atoms with E-state index in [1.165, 1.54) is 19.3 Å². The number of rotatable bonds is 6. The number of carbonyl (C=O) groups is 1. The molecule has 2 rings (SSSR count). The fraction of sp³-hybridized carbons (Fsp3) is 0.600.